The van der Waals surface area contributed by atoms with Crippen molar-refractivity contribution in [2.45, 2.75) is 77.0 Å². The van der Waals surface area contributed by atoms with Crippen LogP contribution in [0.25, 0.3) is 11.2 Å². The number of aromatic nitrogens is 4. The third-order valence-corrected chi connectivity index (χ3v) is 8.89. The molecule has 6 rings (SSSR count). The van der Waals surface area contributed by atoms with E-state index in [0.717, 1.165) is 77.5 Å². The minimum atomic E-state index is -0.710. The van der Waals surface area contributed by atoms with Gasteiger partial charge in [0, 0.05) is 44.2 Å². The molecule has 3 fully saturated rings. The Morgan fingerprint density at radius 3 is 2.29 bits per heavy atom. The molecule has 0 bridgehead atoms. The van der Waals surface area contributed by atoms with Crippen LogP contribution in [0.1, 0.15) is 64.8 Å². The fourth-order valence-electron chi connectivity index (χ4n) is 6.39. The number of amides is 1. The molecule has 3 heterocycles. The zero-order valence-electron chi connectivity index (χ0n) is 23.4. The Morgan fingerprint density at radius 2 is 1.62 bits per heavy atom. The number of nitrogens with one attached hydrogen (secondary N) is 2. The molecule has 0 radical (unpaired) electrons. The van der Waals surface area contributed by atoms with E-state index in [9.17, 15) is 18.7 Å². The molecule has 2 aromatic heterocycles. The van der Waals surface area contributed by atoms with Gasteiger partial charge in [-0.2, -0.15) is 4.98 Å². The van der Waals surface area contributed by atoms with Crippen LogP contribution in [0.5, 0.6) is 0 Å². The maximum Gasteiger partial charge on any atom is 0.225 e. The van der Waals surface area contributed by atoms with E-state index >= 15 is 0 Å². The van der Waals surface area contributed by atoms with Gasteiger partial charge in [-0.1, -0.05) is 13.5 Å². The number of rotatable bonds is 6. The van der Waals surface area contributed by atoms with Gasteiger partial charge in [0.25, 0.3) is 0 Å². The summed E-state index contributed by atoms with van der Waals surface area (Å²) in [6.45, 7) is 3.30. The predicted octanol–water partition coefficient (Wildman–Crippen LogP) is 4.70. The average molecular weight is 585 g/mol. The fraction of sp³-hybridized carbons (Fsp3) is 0.600. The van der Waals surface area contributed by atoms with Gasteiger partial charge in [-0.3, -0.25) is 9.36 Å². The molecule has 0 atom stereocenters. The van der Waals surface area contributed by atoms with E-state index in [-0.39, 0.29) is 43.1 Å². The molecule has 2 saturated carbocycles. The first-order valence-corrected chi connectivity index (χ1v) is 14.7. The average Bonchev–Trinajstić information content (AvgIpc) is 3.33. The molecule has 0 spiro atoms. The number of carbonyl (C=O) groups is 1. The standard InChI is InChI=1S/C29H38F2N8O2.CH4/c1-37-13-15-38(16-14-37)27(41)18-5-9-20(10-6-18)39-26-24(34-29(39)35-25-22(30)3-2-4-23(25)31)17-32-28(36-26)33-19-7-11-21(40)12-8-19;/h2-4,17-21,40H,5-16H2,1H3,(H,34,35)(H,32,33,36);1H4. The summed E-state index contributed by atoms with van der Waals surface area (Å²) in [6, 6.07) is 3.84. The number of anilines is 3. The first kappa shape index (κ1) is 30.1. The second-order valence-electron chi connectivity index (χ2n) is 11.7. The minimum absolute atomic E-state index is 0. The van der Waals surface area contributed by atoms with Gasteiger partial charge < -0.3 is 25.5 Å². The molecule has 42 heavy (non-hydrogen) atoms. The number of benzene rings is 1. The lowest BCUT2D eigenvalue weighted by atomic mass is 9.85. The first-order chi connectivity index (χ1) is 19.9. The summed E-state index contributed by atoms with van der Waals surface area (Å²) in [4.78, 5) is 31.4. The number of hydrogen-bond donors (Lipinski definition) is 3. The molecule has 0 unspecified atom stereocenters. The Bertz CT molecular complexity index is 1360. The molecule has 12 heteroatoms. The van der Waals surface area contributed by atoms with E-state index < -0.39 is 11.6 Å². The number of para-hydroxylation sites is 1. The van der Waals surface area contributed by atoms with Gasteiger partial charge in [0.15, 0.2) is 5.65 Å². The number of halogens is 2. The summed E-state index contributed by atoms with van der Waals surface area (Å²) < 4.78 is 31.2. The third kappa shape index (κ3) is 6.34. The van der Waals surface area contributed by atoms with Crippen LogP contribution in [0.3, 0.4) is 0 Å². The molecule has 3 aromatic rings. The van der Waals surface area contributed by atoms with Gasteiger partial charge in [0.05, 0.1) is 12.3 Å². The van der Waals surface area contributed by atoms with E-state index in [1.165, 1.54) is 18.2 Å². The zero-order valence-corrected chi connectivity index (χ0v) is 23.4. The number of likely N-dealkylation sites (N-methyl/N-ethyl adjacent to an activating group) is 1. The molecule has 1 aromatic carbocycles. The molecular formula is C30H42F2N8O2. The normalized spacial score (nSPS) is 25.2. The predicted molar refractivity (Wildman–Crippen MR) is 159 cm³/mol. The number of nitrogens with zero attached hydrogens (tertiary/aromatic N) is 6. The summed E-state index contributed by atoms with van der Waals surface area (Å²) >= 11 is 0. The number of fused-ring (bicyclic) bond motifs is 1. The highest BCUT2D eigenvalue weighted by Crippen LogP contribution is 2.38. The fourth-order valence-corrected chi connectivity index (χ4v) is 6.39. The Kier molecular flexibility index (Phi) is 9.22. The number of imidazole rings is 1. The van der Waals surface area contributed by atoms with E-state index in [1.54, 1.807) is 6.20 Å². The minimum Gasteiger partial charge on any atom is -0.393 e. The van der Waals surface area contributed by atoms with Crippen molar-refractivity contribution in [2.75, 3.05) is 43.9 Å². The van der Waals surface area contributed by atoms with Crippen LogP contribution < -0.4 is 10.6 Å². The van der Waals surface area contributed by atoms with Gasteiger partial charge in [0.2, 0.25) is 17.8 Å². The lowest BCUT2D eigenvalue weighted by molar-refractivity contribution is -0.138. The highest BCUT2D eigenvalue weighted by Gasteiger charge is 2.33. The number of hydrogen-bond acceptors (Lipinski definition) is 8. The van der Waals surface area contributed by atoms with Crippen molar-refractivity contribution in [3.8, 4) is 0 Å². The second kappa shape index (κ2) is 12.9. The van der Waals surface area contributed by atoms with Gasteiger partial charge in [-0.25, -0.2) is 18.7 Å². The molecule has 3 N–H and O–H groups in total. The van der Waals surface area contributed by atoms with Crippen molar-refractivity contribution in [1.82, 2.24) is 29.3 Å². The summed E-state index contributed by atoms with van der Waals surface area (Å²) in [6.07, 6.45) is 7.38. The van der Waals surface area contributed by atoms with Crippen LogP contribution in [-0.2, 0) is 4.79 Å². The monoisotopic (exact) mass is 584 g/mol. The number of aliphatic hydroxyl groups is 1. The summed E-state index contributed by atoms with van der Waals surface area (Å²) in [5.74, 6) is -0.465. The largest absolute Gasteiger partial charge is 0.393 e. The zero-order chi connectivity index (χ0) is 28.5. The SMILES string of the molecule is C.CN1CCN(C(=O)C2CCC(n3c(Nc4c(F)cccc4F)nc4cnc(NC5CCC(O)CC5)nc43)CC2)CC1. The van der Waals surface area contributed by atoms with Gasteiger partial charge >= 0.3 is 0 Å². The van der Waals surface area contributed by atoms with Gasteiger partial charge in [-0.05, 0) is 70.5 Å². The number of carbonyl (C=O) groups excluding carboxylic acids is 1. The van der Waals surface area contributed by atoms with Crippen molar-refractivity contribution in [2.24, 2.45) is 5.92 Å². The van der Waals surface area contributed by atoms with Crippen LogP contribution >= 0.6 is 0 Å². The summed E-state index contributed by atoms with van der Waals surface area (Å²) in [5, 5.41) is 16.2. The van der Waals surface area contributed by atoms with Crippen LogP contribution in [-0.4, -0.2) is 85.7 Å². The lowest BCUT2D eigenvalue weighted by Gasteiger charge is -2.37. The molecule has 10 nitrogen and oxygen atoms in total. The van der Waals surface area contributed by atoms with Crippen LogP contribution in [0, 0.1) is 17.6 Å². The van der Waals surface area contributed by atoms with E-state index in [1.807, 2.05) is 9.47 Å². The third-order valence-electron chi connectivity index (χ3n) is 8.89. The molecule has 1 amide bonds. The Hall–Kier alpha value is -3.38. The lowest BCUT2D eigenvalue weighted by Crippen LogP contribution is -2.49. The van der Waals surface area contributed by atoms with Crippen molar-refractivity contribution in [1.29, 1.82) is 0 Å². The quantitative estimate of drug-likeness (QED) is 0.382. The molecule has 228 valence electrons. The van der Waals surface area contributed by atoms with Crippen molar-refractivity contribution < 1.29 is 18.7 Å². The smallest absolute Gasteiger partial charge is 0.225 e. The summed E-state index contributed by atoms with van der Waals surface area (Å²) in [7, 11) is 2.07. The molecule has 2 aliphatic carbocycles. The molecule has 1 saturated heterocycles. The van der Waals surface area contributed by atoms with Gasteiger partial charge in [0.1, 0.15) is 22.8 Å². The van der Waals surface area contributed by atoms with E-state index in [2.05, 4.69) is 32.5 Å². The Morgan fingerprint density at radius 1 is 0.952 bits per heavy atom. The molecular weight excluding hydrogens is 542 g/mol. The number of aliphatic hydroxyl groups excluding tert-OH is 1. The summed E-state index contributed by atoms with van der Waals surface area (Å²) in [5.41, 5.74) is 0.825. The van der Waals surface area contributed by atoms with Crippen molar-refractivity contribution in [3.63, 3.8) is 0 Å². The van der Waals surface area contributed by atoms with Crippen molar-refractivity contribution >= 4 is 34.7 Å². The second-order valence-corrected chi connectivity index (χ2v) is 11.7. The molecule has 3 aliphatic rings. The maximum absolute atomic E-state index is 14.6. The Balaban J connectivity index is 0.00000353. The van der Waals surface area contributed by atoms with Crippen LogP contribution in [0.4, 0.5) is 26.4 Å². The van der Waals surface area contributed by atoms with Crippen LogP contribution in [0.2, 0.25) is 0 Å². The highest BCUT2D eigenvalue weighted by atomic mass is 19.1. The highest BCUT2D eigenvalue weighted by molar-refractivity contribution is 5.79. The number of piperazine rings is 1. The van der Waals surface area contributed by atoms with Gasteiger partial charge in [-0.15, -0.1) is 0 Å². The van der Waals surface area contributed by atoms with Crippen molar-refractivity contribution in [3.05, 3.63) is 36.0 Å². The van der Waals surface area contributed by atoms with E-state index in [4.69, 9.17) is 4.98 Å². The topological polar surface area (TPSA) is 111 Å². The van der Waals surface area contributed by atoms with Crippen LogP contribution in [0.15, 0.2) is 24.4 Å². The molecule has 1 aliphatic heterocycles. The van der Waals surface area contributed by atoms with E-state index in [0.29, 0.717) is 23.1 Å². The maximum atomic E-state index is 14.6. The Labute approximate surface area is 245 Å². The first-order valence-electron chi connectivity index (χ1n) is 14.7.